The number of hydrogen-bond acceptors (Lipinski definition) is 7. The Bertz CT molecular complexity index is 1040. The minimum absolute atomic E-state index is 0.0298. The second-order valence-corrected chi connectivity index (χ2v) is 6.65. The largest absolute Gasteiger partial charge is 0.495 e. The van der Waals surface area contributed by atoms with Gasteiger partial charge in [-0.25, -0.2) is 14.6 Å². The predicted molar refractivity (Wildman–Crippen MR) is 109 cm³/mol. The third-order valence-electron chi connectivity index (χ3n) is 5.05. The van der Waals surface area contributed by atoms with Gasteiger partial charge in [0, 0.05) is 18.3 Å². The summed E-state index contributed by atoms with van der Waals surface area (Å²) in [6.07, 6.45) is -0.730. The molecule has 2 amide bonds. The number of nitrogens with one attached hydrogen (secondary N) is 2. The van der Waals surface area contributed by atoms with Crippen LogP contribution < -0.4 is 20.5 Å². The van der Waals surface area contributed by atoms with Gasteiger partial charge >= 0.3 is 12.1 Å². The summed E-state index contributed by atoms with van der Waals surface area (Å²) in [7, 11) is 4.10. The summed E-state index contributed by atoms with van der Waals surface area (Å²) in [6, 6.07) is 8.30. The SMILES string of the molecule is CCOC(=O)[C@@]1(c2ccc(NNC(=O)OC)c(OC)c2)C(=O)N(C)c2ccc(F)cc21. The molecule has 2 aromatic carbocycles. The second-order valence-electron chi connectivity index (χ2n) is 6.65. The molecule has 1 aliphatic rings. The van der Waals surface area contributed by atoms with E-state index in [0.29, 0.717) is 11.4 Å². The molecule has 2 aromatic rings. The first-order valence-corrected chi connectivity index (χ1v) is 9.35. The zero-order valence-corrected chi connectivity index (χ0v) is 17.4. The smallest absolute Gasteiger partial charge is 0.425 e. The molecule has 1 atom stereocenters. The van der Waals surface area contributed by atoms with Gasteiger partial charge in [0.05, 0.1) is 26.5 Å². The lowest BCUT2D eigenvalue weighted by Gasteiger charge is -2.27. The van der Waals surface area contributed by atoms with Crippen molar-refractivity contribution in [3.05, 3.63) is 53.3 Å². The molecule has 2 N–H and O–H groups in total. The van der Waals surface area contributed by atoms with E-state index < -0.39 is 29.2 Å². The number of ether oxygens (including phenoxy) is 3. The van der Waals surface area contributed by atoms with Crippen molar-refractivity contribution in [1.82, 2.24) is 5.43 Å². The van der Waals surface area contributed by atoms with Crippen LogP contribution >= 0.6 is 0 Å². The Hall–Kier alpha value is -3.82. The molecule has 0 fully saturated rings. The number of likely N-dealkylation sites (N-methyl/N-ethyl adjacent to an activating group) is 1. The van der Waals surface area contributed by atoms with Crippen molar-refractivity contribution in [1.29, 1.82) is 0 Å². The van der Waals surface area contributed by atoms with Crippen LogP contribution in [0.1, 0.15) is 18.1 Å². The van der Waals surface area contributed by atoms with E-state index in [9.17, 15) is 18.8 Å². The Labute approximate surface area is 178 Å². The van der Waals surface area contributed by atoms with Gasteiger partial charge in [-0.05, 0) is 42.8 Å². The fraction of sp³-hybridized carbons (Fsp3) is 0.286. The maximum absolute atomic E-state index is 14.2. The van der Waals surface area contributed by atoms with Crippen molar-refractivity contribution in [3.8, 4) is 5.75 Å². The van der Waals surface area contributed by atoms with Gasteiger partial charge in [0.1, 0.15) is 11.6 Å². The Morgan fingerprint density at radius 1 is 1.16 bits per heavy atom. The molecule has 3 rings (SSSR count). The number of methoxy groups -OCH3 is 2. The van der Waals surface area contributed by atoms with Gasteiger partial charge in [0.15, 0.2) is 5.41 Å². The standard InChI is InChI=1S/C21H22FN3O6/c1-5-31-19(27)21(14-11-13(22)7-9-16(14)25(2)18(21)26)12-6-8-15(17(10-12)29-3)23-24-20(28)30-4/h6-11,23H,5H2,1-4H3,(H,24,28)/t21-/m1/s1. The average Bonchev–Trinajstić information content (AvgIpc) is 2.99. The number of benzene rings is 2. The molecular formula is C21H22FN3O6. The van der Waals surface area contributed by atoms with E-state index in [-0.39, 0.29) is 23.5 Å². The molecular weight excluding hydrogens is 409 g/mol. The number of esters is 1. The molecule has 31 heavy (non-hydrogen) atoms. The van der Waals surface area contributed by atoms with Crippen LogP contribution in [-0.2, 0) is 24.5 Å². The van der Waals surface area contributed by atoms with E-state index in [4.69, 9.17) is 9.47 Å². The van der Waals surface area contributed by atoms with Crippen LogP contribution in [0, 0.1) is 5.82 Å². The summed E-state index contributed by atoms with van der Waals surface area (Å²) in [5.41, 5.74) is 4.15. The lowest BCUT2D eigenvalue weighted by atomic mass is 9.75. The summed E-state index contributed by atoms with van der Waals surface area (Å²) in [6.45, 7) is 1.65. The van der Waals surface area contributed by atoms with Gasteiger partial charge in [-0.15, -0.1) is 0 Å². The number of carbonyl (C=O) groups is 3. The number of hydrogen-bond donors (Lipinski definition) is 2. The number of anilines is 2. The topological polar surface area (TPSA) is 106 Å². The van der Waals surface area contributed by atoms with Crippen LogP contribution in [0.5, 0.6) is 5.75 Å². The molecule has 0 aromatic heterocycles. The summed E-state index contributed by atoms with van der Waals surface area (Å²) >= 11 is 0. The Balaban J connectivity index is 2.20. The van der Waals surface area contributed by atoms with Crippen LogP contribution in [0.25, 0.3) is 0 Å². The predicted octanol–water partition coefficient (Wildman–Crippen LogP) is 2.34. The van der Waals surface area contributed by atoms with Crippen molar-refractivity contribution in [3.63, 3.8) is 0 Å². The van der Waals surface area contributed by atoms with Crippen molar-refractivity contribution in [2.24, 2.45) is 0 Å². The number of rotatable bonds is 6. The Morgan fingerprint density at radius 2 is 1.90 bits per heavy atom. The minimum Gasteiger partial charge on any atom is -0.495 e. The Kier molecular flexibility index (Phi) is 6.00. The lowest BCUT2D eigenvalue weighted by Crippen LogP contribution is -2.47. The molecule has 10 heteroatoms. The van der Waals surface area contributed by atoms with E-state index in [0.717, 1.165) is 6.07 Å². The lowest BCUT2D eigenvalue weighted by molar-refractivity contribution is -0.151. The molecule has 0 bridgehead atoms. The molecule has 0 saturated heterocycles. The first-order chi connectivity index (χ1) is 14.8. The van der Waals surface area contributed by atoms with Crippen LogP contribution in [0.4, 0.5) is 20.6 Å². The maximum Gasteiger partial charge on any atom is 0.425 e. The van der Waals surface area contributed by atoms with Crippen LogP contribution in [0.3, 0.4) is 0 Å². The van der Waals surface area contributed by atoms with Crippen molar-refractivity contribution in [2.45, 2.75) is 12.3 Å². The molecule has 0 spiro atoms. The normalized spacial score (nSPS) is 17.1. The highest BCUT2D eigenvalue weighted by Gasteiger charge is 2.58. The molecule has 1 aliphatic heterocycles. The molecule has 164 valence electrons. The number of hydrazine groups is 1. The highest BCUT2D eigenvalue weighted by atomic mass is 19.1. The fourth-order valence-corrected chi connectivity index (χ4v) is 3.61. The van der Waals surface area contributed by atoms with Crippen LogP contribution in [0.15, 0.2) is 36.4 Å². The number of carbonyl (C=O) groups excluding carboxylic acids is 3. The third-order valence-corrected chi connectivity index (χ3v) is 5.05. The summed E-state index contributed by atoms with van der Waals surface area (Å²) < 4.78 is 29.3. The minimum atomic E-state index is -1.91. The van der Waals surface area contributed by atoms with Gasteiger partial charge in [-0.2, -0.15) is 0 Å². The average molecular weight is 431 g/mol. The monoisotopic (exact) mass is 431 g/mol. The zero-order valence-electron chi connectivity index (χ0n) is 17.4. The molecule has 0 saturated carbocycles. The number of nitrogens with zero attached hydrogens (tertiary/aromatic N) is 1. The second kappa shape index (κ2) is 8.50. The first-order valence-electron chi connectivity index (χ1n) is 9.35. The van der Waals surface area contributed by atoms with Crippen LogP contribution in [-0.4, -0.2) is 45.8 Å². The van der Waals surface area contributed by atoms with E-state index in [2.05, 4.69) is 15.6 Å². The maximum atomic E-state index is 14.2. The van der Waals surface area contributed by atoms with E-state index >= 15 is 0 Å². The van der Waals surface area contributed by atoms with Crippen molar-refractivity contribution in [2.75, 3.05) is 38.2 Å². The zero-order chi connectivity index (χ0) is 22.8. The summed E-state index contributed by atoms with van der Waals surface area (Å²) in [5.74, 6) is -1.78. The van der Waals surface area contributed by atoms with E-state index in [1.165, 1.54) is 56.5 Å². The van der Waals surface area contributed by atoms with Gasteiger partial charge in [-0.3, -0.25) is 15.0 Å². The Morgan fingerprint density at radius 3 is 2.55 bits per heavy atom. The number of halogens is 1. The number of fused-ring (bicyclic) bond motifs is 1. The fourth-order valence-electron chi connectivity index (χ4n) is 3.61. The summed E-state index contributed by atoms with van der Waals surface area (Å²) in [5, 5.41) is 0. The molecule has 1 heterocycles. The van der Waals surface area contributed by atoms with Gasteiger partial charge in [0.25, 0.3) is 5.91 Å². The van der Waals surface area contributed by atoms with E-state index in [1.807, 2.05) is 0 Å². The summed E-state index contributed by atoms with van der Waals surface area (Å²) in [4.78, 5) is 39.3. The van der Waals surface area contributed by atoms with Gasteiger partial charge in [-0.1, -0.05) is 6.07 Å². The third kappa shape index (κ3) is 3.49. The number of amides is 2. The molecule has 0 aliphatic carbocycles. The van der Waals surface area contributed by atoms with Crippen LogP contribution in [0.2, 0.25) is 0 Å². The van der Waals surface area contributed by atoms with Crippen molar-refractivity contribution < 1.29 is 33.0 Å². The molecule has 9 nitrogen and oxygen atoms in total. The van der Waals surface area contributed by atoms with Gasteiger partial charge in [0.2, 0.25) is 0 Å². The van der Waals surface area contributed by atoms with Gasteiger partial charge < -0.3 is 19.1 Å². The molecule has 0 unspecified atom stereocenters. The molecule has 0 radical (unpaired) electrons. The highest BCUT2D eigenvalue weighted by Crippen LogP contribution is 2.48. The van der Waals surface area contributed by atoms with Crippen molar-refractivity contribution >= 4 is 29.3 Å². The highest BCUT2D eigenvalue weighted by molar-refractivity contribution is 6.23. The van der Waals surface area contributed by atoms with E-state index in [1.54, 1.807) is 6.92 Å². The first kappa shape index (κ1) is 21.9. The quantitative estimate of drug-likeness (QED) is 0.411.